The topological polar surface area (TPSA) is 201 Å². The highest BCUT2D eigenvalue weighted by atomic mass is 16.7. The predicted molar refractivity (Wildman–Crippen MR) is 172 cm³/mol. The van der Waals surface area contributed by atoms with Crippen molar-refractivity contribution in [2.45, 2.75) is 95.5 Å². The first kappa shape index (κ1) is 36.7. The predicted octanol–water partition coefficient (Wildman–Crippen LogP) is -0.343. The van der Waals surface area contributed by atoms with E-state index in [1.807, 2.05) is 38.1 Å². The molecule has 0 spiro atoms. The number of hydrogen-bond donors (Lipinski definition) is 7. The molecular formula is C33H51N5O9. The highest BCUT2D eigenvalue weighted by molar-refractivity contribution is 5.90. The van der Waals surface area contributed by atoms with E-state index < -0.39 is 42.9 Å². The van der Waals surface area contributed by atoms with E-state index in [-0.39, 0.29) is 36.6 Å². The van der Waals surface area contributed by atoms with E-state index >= 15 is 0 Å². The number of rotatable bonds is 14. The number of aryl methyl sites for hydroxylation is 1. The molecule has 2 aromatic rings. The third kappa shape index (κ3) is 9.28. The van der Waals surface area contributed by atoms with Crippen molar-refractivity contribution in [3.63, 3.8) is 0 Å². The van der Waals surface area contributed by atoms with E-state index in [2.05, 4.69) is 20.4 Å². The summed E-state index contributed by atoms with van der Waals surface area (Å²) in [6.45, 7) is 10.2. The fourth-order valence-corrected chi connectivity index (χ4v) is 6.04. The number of aliphatic hydroxyl groups excluding tert-OH is 5. The summed E-state index contributed by atoms with van der Waals surface area (Å²) >= 11 is 0. The van der Waals surface area contributed by atoms with Gasteiger partial charge in [-0.15, -0.1) is 5.10 Å². The van der Waals surface area contributed by atoms with Crippen molar-refractivity contribution < 1.29 is 44.6 Å². The van der Waals surface area contributed by atoms with E-state index in [1.165, 1.54) is 0 Å². The number of aromatic nitrogens is 2. The minimum Gasteiger partial charge on any atom is -0.443 e. The maximum absolute atomic E-state index is 13.1. The van der Waals surface area contributed by atoms with Gasteiger partial charge in [-0.05, 0) is 43.7 Å². The van der Waals surface area contributed by atoms with Gasteiger partial charge in [0.05, 0.1) is 13.2 Å². The van der Waals surface area contributed by atoms with Crippen LogP contribution in [-0.4, -0.2) is 140 Å². The van der Waals surface area contributed by atoms with Crippen molar-refractivity contribution in [3.8, 4) is 5.88 Å². The Morgan fingerprint density at radius 1 is 1.04 bits per heavy atom. The van der Waals surface area contributed by atoms with Crippen LogP contribution in [0, 0.1) is 0 Å². The lowest BCUT2D eigenvalue weighted by Gasteiger charge is -2.39. The fraction of sp³-hybridized carbons (Fsp3) is 0.667. The number of amides is 2. The second-order valence-corrected chi connectivity index (χ2v) is 13.3. The first-order chi connectivity index (χ1) is 22.3. The van der Waals surface area contributed by atoms with E-state index in [0.29, 0.717) is 52.0 Å². The lowest BCUT2D eigenvalue weighted by molar-refractivity contribution is -0.278. The van der Waals surface area contributed by atoms with Gasteiger partial charge in [0.2, 0.25) is 24.0 Å². The summed E-state index contributed by atoms with van der Waals surface area (Å²) in [7, 11) is 0. The molecule has 0 saturated carbocycles. The number of H-pyrrole nitrogens is 1. The van der Waals surface area contributed by atoms with Gasteiger partial charge in [0.15, 0.2) is 0 Å². The number of benzene rings is 1. The van der Waals surface area contributed by atoms with Gasteiger partial charge in [-0.3, -0.25) is 19.6 Å². The molecule has 2 fully saturated rings. The first-order valence-corrected chi connectivity index (χ1v) is 16.4. The van der Waals surface area contributed by atoms with Crippen molar-refractivity contribution in [2.75, 3.05) is 45.9 Å². The van der Waals surface area contributed by atoms with Gasteiger partial charge in [-0.1, -0.05) is 38.1 Å². The molecule has 2 aliphatic rings. The molecular weight excluding hydrogens is 610 g/mol. The van der Waals surface area contributed by atoms with Crippen molar-refractivity contribution in [1.82, 2.24) is 25.3 Å². The number of piperazine rings is 1. The summed E-state index contributed by atoms with van der Waals surface area (Å²) in [6.07, 6.45) is -4.99. The minimum atomic E-state index is -1.56. The van der Waals surface area contributed by atoms with Crippen LogP contribution in [0.4, 0.5) is 0 Å². The normalized spacial score (nSPS) is 24.0. The lowest BCUT2D eigenvalue weighted by atomic mass is 9.97. The fourth-order valence-electron chi connectivity index (χ4n) is 6.04. The van der Waals surface area contributed by atoms with Gasteiger partial charge < -0.3 is 45.2 Å². The number of nitrogens with zero attached hydrogens (tertiary/aromatic N) is 3. The maximum atomic E-state index is 13.1. The second-order valence-electron chi connectivity index (χ2n) is 13.3. The van der Waals surface area contributed by atoms with Crippen LogP contribution >= 0.6 is 0 Å². The van der Waals surface area contributed by atoms with Gasteiger partial charge in [0.1, 0.15) is 30.0 Å². The molecule has 262 valence electrons. The Labute approximate surface area is 275 Å². The average molecular weight is 662 g/mol. The van der Waals surface area contributed by atoms with Gasteiger partial charge in [-0.2, -0.15) is 0 Å². The lowest BCUT2D eigenvalue weighted by Crippen LogP contribution is -2.60. The van der Waals surface area contributed by atoms with Crippen LogP contribution in [0.15, 0.2) is 24.3 Å². The van der Waals surface area contributed by atoms with Gasteiger partial charge in [0, 0.05) is 56.8 Å². The largest absolute Gasteiger partial charge is 0.443 e. The highest BCUT2D eigenvalue weighted by Crippen LogP contribution is 2.31. The van der Waals surface area contributed by atoms with Crippen molar-refractivity contribution in [1.29, 1.82) is 0 Å². The molecule has 5 atom stereocenters. The molecule has 14 heteroatoms. The van der Waals surface area contributed by atoms with Crippen LogP contribution in [0.2, 0.25) is 0 Å². The van der Waals surface area contributed by atoms with Gasteiger partial charge in [0.25, 0.3) is 0 Å². The van der Waals surface area contributed by atoms with Gasteiger partial charge in [-0.25, -0.2) is 0 Å². The molecule has 2 amide bonds. The molecule has 1 aromatic heterocycles. The zero-order valence-corrected chi connectivity index (χ0v) is 27.8. The Bertz CT molecular complexity index is 1310. The molecule has 7 N–H and O–H groups in total. The number of hydrogen-bond acceptors (Lipinski definition) is 11. The molecule has 0 unspecified atom stereocenters. The third-order valence-corrected chi connectivity index (χ3v) is 8.85. The summed E-state index contributed by atoms with van der Waals surface area (Å²) < 4.78 is 11.4. The molecule has 2 saturated heterocycles. The number of aromatic amines is 1. The summed E-state index contributed by atoms with van der Waals surface area (Å²) in [5.74, 6) is -0.00650. The minimum absolute atomic E-state index is 0.0810. The van der Waals surface area contributed by atoms with Crippen LogP contribution in [0.1, 0.15) is 68.8 Å². The maximum Gasteiger partial charge on any atom is 0.247 e. The van der Waals surface area contributed by atoms with Gasteiger partial charge >= 0.3 is 0 Å². The molecule has 2 aliphatic heterocycles. The van der Waals surface area contributed by atoms with Crippen LogP contribution in [0.25, 0.3) is 0 Å². The smallest absolute Gasteiger partial charge is 0.247 e. The van der Waals surface area contributed by atoms with Crippen molar-refractivity contribution in [3.05, 3.63) is 46.6 Å². The molecule has 3 heterocycles. The number of carbonyl (C=O) groups excluding carboxylic acids is 2. The Hall–Kier alpha value is -3.11. The first-order valence-electron chi connectivity index (χ1n) is 16.4. The second kappa shape index (κ2) is 16.3. The number of aliphatic hydroxyl groups is 5. The zero-order valence-electron chi connectivity index (χ0n) is 27.8. The van der Waals surface area contributed by atoms with E-state index in [4.69, 9.17) is 14.6 Å². The summed E-state index contributed by atoms with van der Waals surface area (Å²) in [5.41, 5.74) is 2.62. The van der Waals surface area contributed by atoms with E-state index in [1.54, 1.807) is 18.7 Å². The standard InChI is InChI=1S/C33H51N5O9/c1-20(2)26-23(30(36-35-26)47-31-29(44)28(43)27(42)24(19-40)46-31)18-22-10-8-21(9-11-22)6-5-7-25(41)34-33(3,4)32(45)38-14-12-37(13-15-38)16-17-39/h8-11,20,24,27-29,31,39-40,42-44H,5-7,12-19H2,1-4H3,(H,34,41)(H,35,36)/t24-,27+,28+,29-,31+/m1/s1. The molecule has 0 bridgehead atoms. The van der Waals surface area contributed by atoms with Crippen LogP contribution in [0.5, 0.6) is 5.88 Å². The highest BCUT2D eigenvalue weighted by Gasteiger charge is 2.45. The SMILES string of the molecule is CC(C)c1[nH]nc(O[C@@H]2O[C@H](CO)[C@H](O)[C@H](O)[C@H]2O)c1Cc1ccc(CCCC(=O)NC(C)(C)C(=O)N2CCN(CCO)CC2)cc1. The van der Waals surface area contributed by atoms with Crippen LogP contribution in [0.3, 0.4) is 0 Å². The Kier molecular flexibility index (Phi) is 12.8. The summed E-state index contributed by atoms with van der Waals surface area (Å²) in [6, 6.07) is 7.99. The summed E-state index contributed by atoms with van der Waals surface area (Å²) in [4.78, 5) is 29.7. The average Bonchev–Trinajstić information content (AvgIpc) is 3.44. The van der Waals surface area contributed by atoms with Crippen molar-refractivity contribution >= 4 is 11.8 Å². The zero-order chi connectivity index (χ0) is 34.3. The number of ether oxygens (including phenoxy) is 2. The Balaban J connectivity index is 1.29. The Morgan fingerprint density at radius 2 is 1.70 bits per heavy atom. The molecule has 4 rings (SSSR count). The molecule has 14 nitrogen and oxygen atoms in total. The third-order valence-electron chi connectivity index (χ3n) is 8.85. The Morgan fingerprint density at radius 3 is 2.32 bits per heavy atom. The monoisotopic (exact) mass is 661 g/mol. The number of nitrogens with one attached hydrogen (secondary N) is 2. The van der Waals surface area contributed by atoms with Crippen LogP contribution < -0.4 is 10.1 Å². The summed E-state index contributed by atoms with van der Waals surface area (Å²) in [5, 5.41) is 59.5. The number of carbonyl (C=O) groups is 2. The molecule has 0 aliphatic carbocycles. The number of β-amino-alcohol motifs (C(OH)–C–C–N with tert-alkyl or cyclic N) is 1. The molecule has 47 heavy (non-hydrogen) atoms. The van der Waals surface area contributed by atoms with E-state index in [0.717, 1.165) is 22.4 Å². The molecule has 0 radical (unpaired) electrons. The van der Waals surface area contributed by atoms with Crippen LogP contribution in [-0.2, 0) is 27.2 Å². The quantitative estimate of drug-likeness (QED) is 0.140. The molecule has 1 aromatic carbocycles. The van der Waals surface area contributed by atoms with Crippen molar-refractivity contribution in [2.24, 2.45) is 0 Å². The van der Waals surface area contributed by atoms with E-state index in [9.17, 15) is 30.0 Å².